The lowest BCUT2D eigenvalue weighted by atomic mass is 10.2. The number of hydrogen-bond donors (Lipinski definition) is 1. The van der Waals surface area contributed by atoms with Crippen molar-refractivity contribution in [2.24, 2.45) is 0 Å². The molecular weight excluding hydrogens is 216 g/mol. The first-order valence-corrected chi connectivity index (χ1v) is 4.34. The van der Waals surface area contributed by atoms with Gasteiger partial charge in [-0.3, -0.25) is 0 Å². The lowest BCUT2D eigenvalue weighted by Gasteiger charge is -2.07. The summed E-state index contributed by atoms with van der Waals surface area (Å²) in [6.07, 6.45) is -0.858. The Morgan fingerprint density at radius 3 is 2.86 bits per heavy atom. The Hall–Kier alpha value is -1.24. The highest BCUT2D eigenvalue weighted by Gasteiger charge is 2.39. The lowest BCUT2D eigenvalue weighted by molar-refractivity contribution is -0.164. The fourth-order valence-corrected chi connectivity index (χ4v) is 1.50. The number of halogens is 2. The molecule has 0 radical (unpaired) electrons. The van der Waals surface area contributed by atoms with Gasteiger partial charge < -0.3 is 9.84 Å². The SMILES string of the molecule is COc1cc(CC(F)(F)C(=O)O)sn1. The molecule has 4 nitrogen and oxygen atoms in total. The van der Waals surface area contributed by atoms with E-state index in [0.29, 0.717) is 0 Å². The van der Waals surface area contributed by atoms with Crippen LogP contribution in [0.4, 0.5) is 8.78 Å². The predicted octanol–water partition coefficient (Wildman–Crippen LogP) is 1.41. The fraction of sp³-hybridized carbons (Fsp3) is 0.429. The van der Waals surface area contributed by atoms with Crippen LogP contribution >= 0.6 is 11.5 Å². The summed E-state index contributed by atoms with van der Waals surface area (Å²) in [7, 11) is 1.36. The Bertz CT molecular complexity index is 339. The van der Waals surface area contributed by atoms with E-state index in [4.69, 9.17) is 5.11 Å². The highest BCUT2D eigenvalue weighted by atomic mass is 32.1. The van der Waals surface area contributed by atoms with Crippen LogP contribution in [0.1, 0.15) is 4.88 Å². The summed E-state index contributed by atoms with van der Waals surface area (Å²) < 4.78 is 33.7. The van der Waals surface area contributed by atoms with Crippen LogP contribution in [0.5, 0.6) is 5.88 Å². The van der Waals surface area contributed by atoms with Gasteiger partial charge in [-0.25, -0.2) is 4.79 Å². The Morgan fingerprint density at radius 2 is 2.43 bits per heavy atom. The molecule has 0 fully saturated rings. The Kier molecular flexibility index (Phi) is 3.00. The zero-order valence-corrected chi connectivity index (χ0v) is 7.98. The van der Waals surface area contributed by atoms with E-state index in [1.54, 1.807) is 0 Å². The third-order valence-electron chi connectivity index (χ3n) is 1.46. The van der Waals surface area contributed by atoms with Crippen LogP contribution in [-0.4, -0.2) is 28.5 Å². The normalized spacial score (nSPS) is 11.4. The van der Waals surface area contributed by atoms with Crippen molar-refractivity contribution in [1.29, 1.82) is 0 Å². The summed E-state index contributed by atoms with van der Waals surface area (Å²) in [4.78, 5) is 10.3. The molecule has 7 heteroatoms. The maximum atomic E-state index is 12.7. The number of nitrogens with zero attached hydrogens (tertiary/aromatic N) is 1. The summed E-state index contributed by atoms with van der Waals surface area (Å²) in [5.74, 6) is -5.67. The van der Waals surface area contributed by atoms with E-state index < -0.39 is 18.3 Å². The van der Waals surface area contributed by atoms with Crippen molar-refractivity contribution in [1.82, 2.24) is 4.37 Å². The highest BCUT2D eigenvalue weighted by Crippen LogP contribution is 2.25. The van der Waals surface area contributed by atoms with Crippen molar-refractivity contribution >= 4 is 17.5 Å². The van der Waals surface area contributed by atoms with Crippen molar-refractivity contribution in [3.8, 4) is 5.88 Å². The van der Waals surface area contributed by atoms with E-state index in [-0.39, 0.29) is 10.8 Å². The van der Waals surface area contributed by atoms with Gasteiger partial charge in [0, 0.05) is 10.9 Å². The van der Waals surface area contributed by atoms with Gasteiger partial charge >= 0.3 is 11.9 Å². The van der Waals surface area contributed by atoms with E-state index in [1.807, 2.05) is 0 Å². The van der Waals surface area contributed by atoms with E-state index in [9.17, 15) is 13.6 Å². The molecule has 0 aliphatic heterocycles. The zero-order chi connectivity index (χ0) is 10.8. The molecule has 0 aromatic carbocycles. The van der Waals surface area contributed by atoms with Crippen LogP contribution in [0, 0.1) is 0 Å². The van der Waals surface area contributed by atoms with Gasteiger partial charge in [0.15, 0.2) is 0 Å². The minimum Gasteiger partial charge on any atom is -0.480 e. The number of rotatable bonds is 4. The monoisotopic (exact) mass is 223 g/mol. The minimum atomic E-state index is -3.75. The zero-order valence-electron chi connectivity index (χ0n) is 7.16. The van der Waals surface area contributed by atoms with Crippen molar-refractivity contribution in [3.63, 3.8) is 0 Å². The van der Waals surface area contributed by atoms with Gasteiger partial charge in [-0.2, -0.15) is 13.2 Å². The number of hydrogen-bond acceptors (Lipinski definition) is 4. The third kappa shape index (κ3) is 2.38. The van der Waals surface area contributed by atoms with Gasteiger partial charge in [-0.1, -0.05) is 0 Å². The van der Waals surface area contributed by atoms with Gasteiger partial charge in [-0.05, 0) is 11.5 Å². The summed E-state index contributed by atoms with van der Waals surface area (Å²) in [5.41, 5.74) is 0. The third-order valence-corrected chi connectivity index (χ3v) is 2.22. The molecule has 0 atom stereocenters. The number of aliphatic carboxylic acids is 1. The van der Waals surface area contributed by atoms with Gasteiger partial charge in [0.2, 0.25) is 5.88 Å². The number of alkyl halides is 2. The van der Waals surface area contributed by atoms with E-state index in [2.05, 4.69) is 9.11 Å². The number of carbonyl (C=O) groups is 1. The largest absolute Gasteiger partial charge is 0.480 e. The van der Waals surface area contributed by atoms with Crippen molar-refractivity contribution < 1.29 is 23.4 Å². The summed E-state index contributed by atoms with van der Waals surface area (Å²) in [6, 6.07) is 1.29. The average molecular weight is 223 g/mol. The first-order valence-electron chi connectivity index (χ1n) is 3.56. The topological polar surface area (TPSA) is 59.4 Å². The summed E-state index contributed by atoms with van der Waals surface area (Å²) >= 11 is 0.800. The van der Waals surface area contributed by atoms with Gasteiger partial charge in [0.25, 0.3) is 0 Å². The van der Waals surface area contributed by atoms with Crippen LogP contribution in [-0.2, 0) is 11.2 Å². The summed E-state index contributed by atoms with van der Waals surface area (Å²) in [5, 5.41) is 8.17. The molecule has 1 rings (SSSR count). The molecule has 0 aliphatic rings. The molecule has 0 bridgehead atoms. The molecule has 78 valence electrons. The first kappa shape index (κ1) is 10.8. The van der Waals surface area contributed by atoms with Gasteiger partial charge in [-0.15, -0.1) is 0 Å². The second-order valence-corrected chi connectivity index (χ2v) is 3.41. The standard InChI is InChI=1S/C7H7F2NO3S/c1-13-5-2-4(14-10-5)3-7(8,9)6(11)12/h2H,3H2,1H3,(H,11,12). The molecule has 0 saturated carbocycles. The average Bonchev–Trinajstić information content (AvgIpc) is 2.51. The van der Waals surface area contributed by atoms with Crippen LogP contribution in [0.3, 0.4) is 0 Å². The lowest BCUT2D eigenvalue weighted by Crippen LogP contribution is -2.30. The van der Waals surface area contributed by atoms with Crippen molar-refractivity contribution in [2.45, 2.75) is 12.3 Å². The number of aromatic nitrogens is 1. The second kappa shape index (κ2) is 3.87. The Morgan fingerprint density at radius 1 is 1.79 bits per heavy atom. The molecule has 1 heterocycles. The number of carboxylic acids is 1. The maximum Gasteiger partial charge on any atom is 0.374 e. The molecule has 1 aromatic heterocycles. The highest BCUT2D eigenvalue weighted by molar-refractivity contribution is 7.05. The smallest absolute Gasteiger partial charge is 0.374 e. The molecule has 0 unspecified atom stereocenters. The van der Waals surface area contributed by atoms with E-state index in [0.717, 1.165) is 11.5 Å². The van der Waals surface area contributed by atoms with Crippen molar-refractivity contribution in [3.05, 3.63) is 10.9 Å². The van der Waals surface area contributed by atoms with Crippen LogP contribution in [0.15, 0.2) is 6.07 Å². The van der Waals surface area contributed by atoms with E-state index in [1.165, 1.54) is 13.2 Å². The first-order chi connectivity index (χ1) is 6.45. The van der Waals surface area contributed by atoms with E-state index >= 15 is 0 Å². The fourth-order valence-electron chi connectivity index (χ4n) is 0.768. The molecule has 1 aromatic rings. The second-order valence-electron chi connectivity index (χ2n) is 2.52. The number of methoxy groups -OCH3 is 1. The van der Waals surface area contributed by atoms with Crippen LogP contribution in [0.2, 0.25) is 0 Å². The molecule has 0 amide bonds. The maximum absolute atomic E-state index is 12.7. The quantitative estimate of drug-likeness (QED) is 0.838. The molecule has 0 saturated heterocycles. The van der Waals surface area contributed by atoms with Crippen LogP contribution < -0.4 is 4.74 Å². The number of ether oxygens (including phenoxy) is 1. The van der Waals surface area contributed by atoms with Crippen LogP contribution in [0.25, 0.3) is 0 Å². The van der Waals surface area contributed by atoms with Crippen molar-refractivity contribution in [2.75, 3.05) is 7.11 Å². The minimum absolute atomic E-state index is 0.175. The molecule has 14 heavy (non-hydrogen) atoms. The number of carboxylic acid groups (broad SMARTS) is 1. The molecule has 0 spiro atoms. The Balaban J connectivity index is 2.73. The predicted molar refractivity (Wildman–Crippen MR) is 45.0 cm³/mol. The molecular formula is C7H7F2NO3S. The molecule has 0 aliphatic carbocycles. The summed E-state index contributed by atoms with van der Waals surface area (Å²) in [6.45, 7) is 0. The Labute approximate surface area is 82.3 Å². The van der Waals surface area contributed by atoms with Gasteiger partial charge in [0.05, 0.1) is 13.5 Å². The molecule has 1 N–H and O–H groups in total. The van der Waals surface area contributed by atoms with Gasteiger partial charge in [0.1, 0.15) is 0 Å².